The molecular formula is C26H15BNO2P. The molecule has 0 aliphatic carbocycles. The van der Waals surface area contributed by atoms with E-state index in [-0.39, 0.29) is 6.57 Å². The topological polar surface area (TPSA) is 33.5 Å². The van der Waals surface area contributed by atoms with Crippen LogP contribution in [0.3, 0.4) is 0 Å². The predicted octanol–water partition coefficient (Wildman–Crippen LogP) is 5.25. The van der Waals surface area contributed by atoms with Crippen molar-refractivity contribution < 1.29 is 8.98 Å². The van der Waals surface area contributed by atoms with Crippen molar-refractivity contribution >= 4 is 52.0 Å². The number of furan rings is 1. The minimum Gasteiger partial charge on any atom is -0.456 e. The highest BCUT2D eigenvalue weighted by Gasteiger charge is 2.61. The van der Waals surface area contributed by atoms with E-state index in [9.17, 15) is 0 Å². The third kappa shape index (κ3) is 1.68. The van der Waals surface area contributed by atoms with Crippen LogP contribution >= 0.6 is 7.02 Å². The summed E-state index contributed by atoms with van der Waals surface area (Å²) in [4.78, 5) is 2.31. The zero-order valence-corrected chi connectivity index (χ0v) is 17.3. The number of hydrogen-bond donors (Lipinski definition) is 0. The zero-order valence-electron chi connectivity index (χ0n) is 16.4. The average molecular weight is 415 g/mol. The lowest BCUT2D eigenvalue weighted by atomic mass is 9.70. The zero-order chi connectivity index (χ0) is 20.3. The summed E-state index contributed by atoms with van der Waals surface area (Å²) in [6, 6.07) is 31.0. The molecule has 0 saturated carbocycles. The Balaban J connectivity index is 1.60. The third-order valence-corrected chi connectivity index (χ3v) is 10.5. The maximum atomic E-state index is 15.3. The van der Waals surface area contributed by atoms with E-state index in [1.165, 1.54) is 0 Å². The first-order chi connectivity index (χ1) is 15.3. The second kappa shape index (κ2) is 5.22. The normalized spacial score (nSPS) is 19.1. The molecule has 3 aliphatic rings. The van der Waals surface area contributed by atoms with Gasteiger partial charge in [0.15, 0.2) is 0 Å². The lowest BCUT2D eigenvalue weighted by molar-refractivity contribution is 0.595. The van der Waals surface area contributed by atoms with Crippen LogP contribution in [0.15, 0.2) is 95.4 Å². The van der Waals surface area contributed by atoms with Gasteiger partial charge in [0.05, 0.1) is 0 Å². The van der Waals surface area contributed by atoms with Crippen molar-refractivity contribution in [3.05, 3.63) is 91.0 Å². The Morgan fingerprint density at radius 3 is 2.35 bits per heavy atom. The van der Waals surface area contributed by atoms with E-state index in [0.29, 0.717) is 0 Å². The van der Waals surface area contributed by atoms with E-state index < -0.39 is 7.02 Å². The molecule has 1 aromatic heterocycles. The van der Waals surface area contributed by atoms with Gasteiger partial charge in [-0.05, 0) is 35.4 Å². The summed E-state index contributed by atoms with van der Waals surface area (Å²) < 4.78 is 21.7. The van der Waals surface area contributed by atoms with Crippen molar-refractivity contribution in [2.75, 3.05) is 4.81 Å². The lowest BCUT2D eigenvalue weighted by Gasteiger charge is -2.33. The molecule has 4 aromatic carbocycles. The Kier molecular flexibility index (Phi) is 2.73. The number of hydrogen-bond acceptors (Lipinski definition) is 3. The van der Waals surface area contributed by atoms with Gasteiger partial charge in [-0.15, -0.1) is 0 Å². The van der Waals surface area contributed by atoms with Gasteiger partial charge >= 0.3 is 6.57 Å². The number of fused-ring (bicyclic) bond motifs is 13. The highest BCUT2D eigenvalue weighted by Crippen LogP contribution is 2.65. The maximum absolute atomic E-state index is 15.3. The molecule has 0 radical (unpaired) electrons. The Labute approximate surface area is 179 Å². The van der Waals surface area contributed by atoms with Crippen LogP contribution in [0.5, 0.6) is 0 Å². The van der Waals surface area contributed by atoms with Crippen LogP contribution in [0.1, 0.15) is 0 Å². The number of nitrogens with zero attached hydrogens (tertiary/aromatic N) is 1. The maximum Gasteiger partial charge on any atom is 0.381 e. The van der Waals surface area contributed by atoms with Crippen molar-refractivity contribution in [1.82, 2.24) is 0 Å². The molecule has 3 nitrogen and oxygen atoms in total. The first-order valence-corrected chi connectivity index (χ1v) is 12.3. The minimum atomic E-state index is -2.96. The van der Waals surface area contributed by atoms with Gasteiger partial charge in [0.1, 0.15) is 18.4 Å². The fourth-order valence-electron chi connectivity index (χ4n) is 5.92. The fourth-order valence-corrected chi connectivity index (χ4v) is 9.80. The molecule has 0 saturated heterocycles. The van der Waals surface area contributed by atoms with E-state index in [4.69, 9.17) is 4.42 Å². The molecule has 8 rings (SSSR count). The van der Waals surface area contributed by atoms with Crippen LogP contribution in [-0.2, 0) is 4.57 Å². The van der Waals surface area contributed by atoms with Crippen molar-refractivity contribution in [3.8, 4) is 22.5 Å². The monoisotopic (exact) mass is 415 g/mol. The smallest absolute Gasteiger partial charge is 0.381 e. The first kappa shape index (κ1) is 16.2. The van der Waals surface area contributed by atoms with Gasteiger partial charge in [-0.3, -0.25) is 0 Å². The van der Waals surface area contributed by atoms with Gasteiger partial charge in [0, 0.05) is 38.4 Å². The largest absolute Gasteiger partial charge is 0.456 e. The van der Waals surface area contributed by atoms with E-state index in [1.807, 2.05) is 36.4 Å². The Bertz CT molecular complexity index is 1650. The molecule has 0 fully saturated rings. The van der Waals surface area contributed by atoms with Gasteiger partial charge in [0.25, 0.3) is 0 Å². The van der Waals surface area contributed by atoms with Crippen LogP contribution in [0, 0.1) is 0 Å². The molecule has 5 aromatic rings. The minimum absolute atomic E-state index is 0.291. The first-order valence-electron chi connectivity index (χ1n) is 10.5. The lowest BCUT2D eigenvalue weighted by Crippen LogP contribution is -2.47. The van der Waals surface area contributed by atoms with Crippen molar-refractivity contribution in [1.29, 1.82) is 0 Å². The molecule has 144 valence electrons. The summed E-state index contributed by atoms with van der Waals surface area (Å²) in [6.45, 7) is -0.291. The molecule has 4 heterocycles. The molecule has 31 heavy (non-hydrogen) atoms. The van der Waals surface area contributed by atoms with Crippen LogP contribution < -0.4 is 20.9 Å². The highest BCUT2D eigenvalue weighted by atomic mass is 31.2. The van der Waals surface area contributed by atoms with Gasteiger partial charge in [-0.25, -0.2) is 0 Å². The molecule has 0 amide bonds. The van der Waals surface area contributed by atoms with Crippen LogP contribution in [0.4, 0.5) is 11.4 Å². The summed E-state index contributed by atoms with van der Waals surface area (Å²) in [7, 11) is -2.96. The van der Waals surface area contributed by atoms with E-state index in [2.05, 4.69) is 59.4 Å². The second-order valence-corrected chi connectivity index (χ2v) is 11.2. The number of rotatable bonds is 0. The fraction of sp³-hybridized carbons (Fsp3) is 0. The summed E-state index contributed by atoms with van der Waals surface area (Å²) in [6.07, 6.45) is 0. The molecule has 0 spiro atoms. The summed E-state index contributed by atoms with van der Waals surface area (Å²) in [5, 5.41) is 3.03. The number of anilines is 2. The van der Waals surface area contributed by atoms with Gasteiger partial charge in [-0.1, -0.05) is 66.7 Å². The van der Waals surface area contributed by atoms with Crippen LogP contribution in [-0.4, -0.2) is 6.57 Å². The molecule has 1 unspecified atom stereocenters. The molecular weight excluding hydrogens is 400 g/mol. The standard InChI is InChI=1S/C26H15BNO2P/c29-31-23-15-6-3-8-16(23)17-11-7-13-21(26(17)31)28-20-12-4-1-9-18(20)25-24(27(28)31)19-10-2-5-14-22(19)30-25/h1-15H. The van der Waals surface area contributed by atoms with Gasteiger partial charge in [-0.2, -0.15) is 0 Å². The molecule has 1 atom stereocenters. The Hall–Kier alpha value is -3.49. The van der Waals surface area contributed by atoms with Gasteiger partial charge in [0.2, 0.25) is 0 Å². The predicted molar refractivity (Wildman–Crippen MR) is 128 cm³/mol. The van der Waals surface area contributed by atoms with Crippen molar-refractivity contribution in [2.45, 2.75) is 0 Å². The average Bonchev–Trinajstić information content (AvgIpc) is 3.42. The van der Waals surface area contributed by atoms with E-state index >= 15 is 4.57 Å². The number of benzene rings is 4. The van der Waals surface area contributed by atoms with E-state index in [1.54, 1.807) is 0 Å². The summed E-state index contributed by atoms with van der Waals surface area (Å²) in [5.41, 5.74) is 7.30. The van der Waals surface area contributed by atoms with E-state index in [0.717, 1.165) is 60.9 Å². The quantitative estimate of drug-likeness (QED) is 0.256. The third-order valence-electron chi connectivity index (χ3n) is 7.05. The molecule has 0 N–H and O–H groups in total. The Morgan fingerprint density at radius 2 is 1.42 bits per heavy atom. The molecule has 5 heteroatoms. The van der Waals surface area contributed by atoms with Crippen LogP contribution in [0.2, 0.25) is 0 Å². The highest BCUT2D eigenvalue weighted by molar-refractivity contribution is 8.09. The number of para-hydroxylation sites is 2. The molecule has 3 aliphatic heterocycles. The van der Waals surface area contributed by atoms with Crippen molar-refractivity contribution in [2.24, 2.45) is 0 Å². The summed E-state index contributed by atoms with van der Waals surface area (Å²) in [5.74, 6) is 0.854. The van der Waals surface area contributed by atoms with Crippen molar-refractivity contribution in [3.63, 3.8) is 0 Å². The SMILES string of the molecule is O=P12B3c4c(oc5ccccc45)-c4ccccc4N3c3cccc(c31)-c1ccccc12. The van der Waals surface area contributed by atoms with Gasteiger partial charge < -0.3 is 13.8 Å². The second-order valence-electron chi connectivity index (χ2n) is 8.45. The van der Waals surface area contributed by atoms with Crippen LogP contribution in [0.25, 0.3) is 33.4 Å². The Morgan fingerprint density at radius 1 is 0.710 bits per heavy atom. The summed E-state index contributed by atoms with van der Waals surface area (Å²) >= 11 is 0. The molecule has 0 bridgehead atoms.